The summed E-state index contributed by atoms with van der Waals surface area (Å²) in [5.41, 5.74) is 1.48. The van der Waals surface area contributed by atoms with E-state index in [0.29, 0.717) is 5.56 Å². The number of halogens is 3. The van der Waals surface area contributed by atoms with Crippen LogP contribution in [-0.2, 0) is 0 Å². The topological polar surface area (TPSA) is 44.2 Å². The Morgan fingerprint density at radius 3 is 2.12 bits per heavy atom. The van der Waals surface area contributed by atoms with E-state index in [2.05, 4.69) is 19.4 Å². The number of aryl methyl sites for hydroxylation is 1. The van der Waals surface area contributed by atoms with Gasteiger partial charge in [-0.25, -0.2) is 14.4 Å². The van der Waals surface area contributed by atoms with Gasteiger partial charge in [-0.2, -0.15) is 8.78 Å². The number of alkyl halides is 2. The summed E-state index contributed by atoms with van der Waals surface area (Å²) >= 11 is 0. The van der Waals surface area contributed by atoms with E-state index in [9.17, 15) is 13.2 Å². The summed E-state index contributed by atoms with van der Waals surface area (Å²) in [6, 6.07) is 4.90. The van der Waals surface area contributed by atoms with Crippen LogP contribution in [0.4, 0.5) is 13.2 Å². The fraction of sp³-hybridized carbons (Fsp3) is 0.444. The molecule has 0 aliphatic heterocycles. The number of ether oxygens (including phenoxy) is 2. The van der Waals surface area contributed by atoms with Gasteiger partial charge in [0.15, 0.2) is 5.82 Å². The van der Waals surface area contributed by atoms with Crippen LogP contribution >= 0.6 is 0 Å². The van der Waals surface area contributed by atoms with Gasteiger partial charge in [-0.1, -0.05) is 27.7 Å². The molecule has 4 nitrogen and oxygen atoms in total. The predicted molar refractivity (Wildman–Crippen MR) is 91.8 cm³/mol. The summed E-state index contributed by atoms with van der Waals surface area (Å²) in [5, 5.41) is 0. The summed E-state index contributed by atoms with van der Waals surface area (Å²) < 4.78 is 45.2. The van der Waals surface area contributed by atoms with Crippen molar-refractivity contribution >= 4 is 0 Å². The number of hydrogen-bond donors (Lipinski definition) is 0. The summed E-state index contributed by atoms with van der Waals surface area (Å²) in [4.78, 5) is 7.32. The zero-order valence-corrected chi connectivity index (χ0v) is 15.4. The summed E-state index contributed by atoms with van der Waals surface area (Å²) in [6.45, 7) is 6.80. The number of methoxy groups -OCH3 is 1. The largest absolute Gasteiger partial charge is 0.479 e. The SMILES string of the molecule is CC.CC(C)c1ccnc(OC(F)F)c1.COc1nccc(C)c1F. The van der Waals surface area contributed by atoms with Crippen molar-refractivity contribution in [2.45, 2.75) is 47.1 Å². The molecule has 25 heavy (non-hydrogen) atoms. The van der Waals surface area contributed by atoms with Gasteiger partial charge < -0.3 is 9.47 Å². The van der Waals surface area contributed by atoms with Crippen LogP contribution in [0.1, 0.15) is 44.7 Å². The van der Waals surface area contributed by atoms with Crippen LogP contribution in [0.15, 0.2) is 30.6 Å². The molecule has 0 aliphatic rings. The normalized spacial score (nSPS) is 9.72. The molecule has 0 aliphatic carbocycles. The van der Waals surface area contributed by atoms with Gasteiger partial charge in [0.1, 0.15) is 0 Å². The highest BCUT2D eigenvalue weighted by molar-refractivity contribution is 5.23. The van der Waals surface area contributed by atoms with Crippen LogP contribution in [-0.4, -0.2) is 23.7 Å². The van der Waals surface area contributed by atoms with E-state index >= 15 is 0 Å². The predicted octanol–water partition coefficient (Wildman–Crippen LogP) is 5.37. The van der Waals surface area contributed by atoms with E-state index in [0.717, 1.165) is 5.56 Å². The third-order valence-electron chi connectivity index (χ3n) is 2.88. The Bertz CT molecular complexity index is 623. The molecule has 0 amide bonds. The van der Waals surface area contributed by atoms with E-state index in [1.54, 1.807) is 19.1 Å². The van der Waals surface area contributed by atoms with E-state index in [1.807, 2.05) is 27.7 Å². The minimum atomic E-state index is -2.81. The molecule has 0 N–H and O–H groups in total. The number of nitrogens with zero attached hydrogens (tertiary/aromatic N) is 2. The van der Waals surface area contributed by atoms with Gasteiger partial charge in [0.05, 0.1) is 7.11 Å². The summed E-state index contributed by atoms with van der Waals surface area (Å²) in [6.07, 6.45) is 2.98. The van der Waals surface area contributed by atoms with Crippen molar-refractivity contribution in [3.05, 3.63) is 47.5 Å². The Kier molecular flexibility index (Phi) is 11.0. The summed E-state index contributed by atoms with van der Waals surface area (Å²) in [7, 11) is 1.39. The fourth-order valence-corrected chi connectivity index (χ4v) is 1.60. The highest BCUT2D eigenvalue weighted by atomic mass is 19.3. The molecule has 0 atom stereocenters. The van der Waals surface area contributed by atoms with Crippen molar-refractivity contribution in [3.63, 3.8) is 0 Å². The third-order valence-corrected chi connectivity index (χ3v) is 2.88. The lowest BCUT2D eigenvalue weighted by Crippen LogP contribution is -2.04. The minimum absolute atomic E-state index is 0.0267. The van der Waals surface area contributed by atoms with Gasteiger partial charge in [-0.15, -0.1) is 0 Å². The number of aromatic nitrogens is 2. The molecule has 0 fully saturated rings. The first-order valence-electron chi connectivity index (χ1n) is 7.91. The smallest absolute Gasteiger partial charge is 0.388 e. The van der Waals surface area contributed by atoms with Crippen LogP contribution in [0.2, 0.25) is 0 Å². The van der Waals surface area contributed by atoms with Crippen LogP contribution < -0.4 is 9.47 Å². The van der Waals surface area contributed by atoms with Crippen molar-refractivity contribution in [3.8, 4) is 11.8 Å². The van der Waals surface area contributed by atoms with Gasteiger partial charge in [-0.05, 0) is 36.1 Å². The fourth-order valence-electron chi connectivity index (χ4n) is 1.60. The number of hydrogen-bond acceptors (Lipinski definition) is 4. The zero-order valence-electron chi connectivity index (χ0n) is 15.4. The molecule has 0 unspecified atom stereocenters. The van der Waals surface area contributed by atoms with Gasteiger partial charge in [0.25, 0.3) is 0 Å². The highest BCUT2D eigenvalue weighted by Gasteiger charge is 2.07. The number of pyridine rings is 2. The molecule has 2 rings (SSSR count). The average molecular weight is 358 g/mol. The first-order chi connectivity index (χ1) is 11.8. The maximum atomic E-state index is 12.8. The molecule has 7 heteroatoms. The lowest BCUT2D eigenvalue weighted by atomic mass is 10.1. The minimum Gasteiger partial charge on any atom is -0.479 e. The van der Waals surface area contributed by atoms with Crippen molar-refractivity contribution in [2.75, 3.05) is 7.11 Å². The molecular formula is C18H25F3N2O2. The average Bonchev–Trinajstić information content (AvgIpc) is 2.59. The molecule has 2 aromatic heterocycles. The Labute approximate surface area is 147 Å². The lowest BCUT2D eigenvalue weighted by Gasteiger charge is -2.07. The molecular weight excluding hydrogens is 333 g/mol. The van der Waals surface area contributed by atoms with E-state index in [-0.39, 0.29) is 23.5 Å². The molecule has 0 saturated carbocycles. The Balaban J connectivity index is 0.000000430. The maximum absolute atomic E-state index is 12.8. The Morgan fingerprint density at radius 2 is 1.64 bits per heavy atom. The van der Waals surface area contributed by atoms with Crippen molar-refractivity contribution < 1.29 is 22.6 Å². The molecule has 2 heterocycles. The number of rotatable bonds is 4. The second-order valence-electron chi connectivity index (χ2n) is 4.91. The Morgan fingerprint density at radius 1 is 1.04 bits per heavy atom. The van der Waals surface area contributed by atoms with Crippen molar-refractivity contribution in [1.29, 1.82) is 0 Å². The monoisotopic (exact) mass is 358 g/mol. The standard InChI is InChI=1S/C9H11F2NO.C7H8FNO.C2H6/c1-6(2)7-3-4-12-8(5-7)13-9(10)11;1-5-3-4-9-7(10-2)6(5)8;1-2/h3-6,9H,1-2H3;3-4H,1-2H3;1-2H3. The van der Waals surface area contributed by atoms with Gasteiger partial charge in [0.2, 0.25) is 11.8 Å². The lowest BCUT2D eigenvalue weighted by molar-refractivity contribution is -0.0529. The first-order valence-corrected chi connectivity index (χ1v) is 7.91. The molecule has 0 aromatic carbocycles. The summed E-state index contributed by atoms with van der Waals surface area (Å²) in [5.74, 6) is -0.0748. The first kappa shape index (κ1) is 22.7. The molecule has 0 bridgehead atoms. The highest BCUT2D eigenvalue weighted by Crippen LogP contribution is 2.18. The molecule has 0 saturated heterocycles. The van der Waals surface area contributed by atoms with Crippen LogP contribution in [0.5, 0.6) is 11.8 Å². The maximum Gasteiger partial charge on any atom is 0.388 e. The third kappa shape index (κ3) is 8.37. The van der Waals surface area contributed by atoms with E-state index in [4.69, 9.17) is 0 Å². The zero-order chi connectivity index (χ0) is 19.4. The van der Waals surface area contributed by atoms with E-state index < -0.39 is 6.61 Å². The molecule has 0 radical (unpaired) electrons. The van der Waals surface area contributed by atoms with Crippen molar-refractivity contribution in [1.82, 2.24) is 9.97 Å². The van der Waals surface area contributed by atoms with Gasteiger partial charge in [0, 0.05) is 18.5 Å². The van der Waals surface area contributed by atoms with Gasteiger partial charge in [-0.3, -0.25) is 0 Å². The molecule has 2 aromatic rings. The molecule has 140 valence electrons. The van der Waals surface area contributed by atoms with Crippen LogP contribution in [0.25, 0.3) is 0 Å². The van der Waals surface area contributed by atoms with E-state index in [1.165, 1.54) is 25.6 Å². The quantitative estimate of drug-likeness (QED) is 0.737. The van der Waals surface area contributed by atoms with Gasteiger partial charge >= 0.3 is 6.61 Å². The van der Waals surface area contributed by atoms with Crippen molar-refractivity contribution in [2.24, 2.45) is 0 Å². The molecule has 0 spiro atoms. The second-order valence-corrected chi connectivity index (χ2v) is 4.91. The Hall–Kier alpha value is -2.31. The second kappa shape index (κ2) is 12.1. The van der Waals surface area contributed by atoms with Crippen LogP contribution in [0.3, 0.4) is 0 Å². The van der Waals surface area contributed by atoms with Crippen LogP contribution in [0, 0.1) is 12.7 Å².